The van der Waals surface area contributed by atoms with Crippen LogP contribution in [0.4, 0.5) is 5.69 Å². The molecule has 1 atom stereocenters. The normalized spacial score (nSPS) is 18.6. The number of nitro benzene ring substituents is 1. The van der Waals surface area contributed by atoms with Gasteiger partial charge < -0.3 is 5.32 Å². The number of thiocarbonyl (C=S) groups is 1. The molecule has 1 aliphatic heterocycles. The van der Waals surface area contributed by atoms with Gasteiger partial charge >= 0.3 is 0 Å². The van der Waals surface area contributed by atoms with Gasteiger partial charge in [-0.1, -0.05) is 47.6 Å². The zero-order valence-corrected chi connectivity index (χ0v) is 15.2. The van der Waals surface area contributed by atoms with Crippen LogP contribution in [0.5, 0.6) is 0 Å². The van der Waals surface area contributed by atoms with Gasteiger partial charge in [-0.05, 0) is 52.5 Å². The van der Waals surface area contributed by atoms with Crippen LogP contribution in [-0.4, -0.2) is 9.91 Å². The van der Waals surface area contributed by atoms with E-state index >= 15 is 0 Å². The Morgan fingerprint density at radius 1 is 1.16 bits per heavy atom. The lowest BCUT2D eigenvalue weighted by atomic mass is 9.93. The molecule has 0 amide bonds. The van der Waals surface area contributed by atoms with Gasteiger partial charge in [0.25, 0.3) is 5.69 Å². The molecule has 0 saturated carbocycles. The quantitative estimate of drug-likeness (QED) is 0.419. The molecular weight excluding hydrogens is 379 g/mol. The van der Waals surface area contributed by atoms with Crippen molar-refractivity contribution in [2.45, 2.75) is 18.9 Å². The molecule has 0 aromatic heterocycles. The van der Waals surface area contributed by atoms with Gasteiger partial charge in [0.1, 0.15) is 5.02 Å². The van der Waals surface area contributed by atoms with Crippen molar-refractivity contribution >= 4 is 51.7 Å². The summed E-state index contributed by atoms with van der Waals surface area (Å²) in [4.78, 5) is 11.6. The predicted molar refractivity (Wildman–Crippen MR) is 103 cm³/mol. The molecule has 1 unspecified atom stereocenters. The van der Waals surface area contributed by atoms with Crippen LogP contribution in [0.1, 0.15) is 35.6 Å². The number of nitrogens with zero attached hydrogens (tertiary/aromatic N) is 1. The first-order valence-corrected chi connectivity index (χ1v) is 8.88. The van der Waals surface area contributed by atoms with Gasteiger partial charge in [-0.2, -0.15) is 0 Å². The molecule has 1 aliphatic carbocycles. The Hall–Kier alpha value is -1.95. The van der Waals surface area contributed by atoms with Crippen LogP contribution in [0.3, 0.4) is 0 Å². The Labute approximate surface area is 159 Å². The lowest BCUT2D eigenvalue weighted by Gasteiger charge is -2.26. The minimum atomic E-state index is -0.462. The van der Waals surface area contributed by atoms with Crippen molar-refractivity contribution in [3.63, 3.8) is 0 Å². The monoisotopic (exact) mass is 390 g/mol. The molecule has 4 rings (SSSR count). The SMILES string of the molecule is O=[N+]([O-])c1cc(C2=C3CCC(=S)NC3c3ccc(Cl)cc32)ccc1Cl. The minimum Gasteiger partial charge on any atom is -0.369 e. The number of nitro groups is 1. The maximum atomic E-state index is 11.3. The fraction of sp³-hybridized carbons (Fsp3) is 0.167. The summed E-state index contributed by atoms with van der Waals surface area (Å²) in [6.45, 7) is 0. The summed E-state index contributed by atoms with van der Waals surface area (Å²) in [6.07, 6.45) is 1.58. The largest absolute Gasteiger partial charge is 0.369 e. The van der Waals surface area contributed by atoms with Crippen molar-refractivity contribution in [1.82, 2.24) is 5.32 Å². The molecule has 0 spiro atoms. The predicted octanol–water partition coefficient (Wildman–Crippen LogP) is 5.47. The summed E-state index contributed by atoms with van der Waals surface area (Å²) >= 11 is 17.5. The summed E-state index contributed by atoms with van der Waals surface area (Å²) in [5, 5.41) is 15.4. The topological polar surface area (TPSA) is 55.2 Å². The van der Waals surface area contributed by atoms with E-state index in [2.05, 4.69) is 5.32 Å². The Morgan fingerprint density at radius 2 is 1.96 bits per heavy atom. The second kappa shape index (κ2) is 6.09. The number of nitrogens with one attached hydrogen (secondary N) is 1. The fourth-order valence-electron chi connectivity index (χ4n) is 3.57. The van der Waals surface area contributed by atoms with Crippen LogP contribution in [0.25, 0.3) is 5.57 Å². The van der Waals surface area contributed by atoms with E-state index in [1.54, 1.807) is 6.07 Å². The second-order valence-electron chi connectivity index (χ2n) is 6.06. The number of halogens is 2. The van der Waals surface area contributed by atoms with Gasteiger partial charge in [-0.25, -0.2) is 0 Å². The van der Waals surface area contributed by atoms with Crippen molar-refractivity contribution < 1.29 is 4.92 Å². The first kappa shape index (κ1) is 16.5. The third-order valence-electron chi connectivity index (χ3n) is 4.62. The molecule has 0 bridgehead atoms. The second-order valence-corrected chi connectivity index (χ2v) is 7.39. The molecule has 1 saturated heterocycles. The summed E-state index contributed by atoms with van der Waals surface area (Å²) in [6, 6.07) is 10.7. The first-order chi connectivity index (χ1) is 12.0. The van der Waals surface area contributed by atoms with Gasteiger partial charge in [0.05, 0.1) is 16.0 Å². The van der Waals surface area contributed by atoms with E-state index in [9.17, 15) is 10.1 Å². The van der Waals surface area contributed by atoms with Crippen molar-refractivity contribution in [2.24, 2.45) is 0 Å². The van der Waals surface area contributed by atoms with E-state index in [1.165, 1.54) is 11.6 Å². The standard InChI is InChI=1S/C18H12Cl2N2O2S/c19-10-2-3-11-13(8-10)17(12-4-6-16(25)21-18(11)12)9-1-5-14(20)15(7-9)22(23)24/h1-3,5,7-8,18H,4,6H2,(H,21,25). The summed E-state index contributed by atoms with van der Waals surface area (Å²) in [5.41, 5.74) is 4.92. The number of piperidine rings is 1. The van der Waals surface area contributed by atoms with Crippen LogP contribution in [0.2, 0.25) is 10.0 Å². The summed E-state index contributed by atoms with van der Waals surface area (Å²) in [7, 11) is 0. The molecule has 2 aliphatic rings. The van der Waals surface area contributed by atoms with Crippen molar-refractivity contribution in [1.29, 1.82) is 0 Å². The minimum absolute atomic E-state index is 0.00162. The molecule has 4 nitrogen and oxygen atoms in total. The van der Waals surface area contributed by atoms with Gasteiger partial charge in [-0.3, -0.25) is 10.1 Å². The van der Waals surface area contributed by atoms with Gasteiger partial charge in [0, 0.05) is 17.5 Å². The summed E-state index contributed by atoms with van der Waals surface area (Å²) in [5.74, 6) is 0. The number of fused-ring (bicyclic) bond motifs is 3. The van der Waals surface area contributed by atoms with Gasteiger partial charge in [0.15, 0.2) is 0 Å². The van der Waals surface area contributed by atoms with Crippen molar-refractivity contribution in [3.05, 3.63) is 78.8 Å². The zero-order chi connectivity index (χ0) is 17.7. The molecule has 126 valence electrons. The molecule has 1 fully saturated rings. The molecular formula is C18H12Cl2N2O2S. The Morgan fingerprint density at radius 3 is 2.72 bits per heavy atom. The third-order valence-corrected chi connectivity index (χ3v) is 5.50. The van der Waals surface area contributed by atoms with Gasteiger partial charge in [-0.15, -0.1) is 0 Å². The van der Waals surface area contributed by atoms with E-state index in [1.807, 2.05) is 24.3 Å². The maximum Gasteiger partial charge on any atom is 0.288 e. The van der Waals surface area contributed by atoms with Crippen molar-refractivity contribution in [2.75, 3.05) is 0 Å². The molecule has 2 aromatic rings. The van der Waals surface area contributed by atoms with Crippen LogP contribution in [-0.2, 0) is 0 Å². The molecule has 1 N–H and O–H groups in total. The maximum absolute atomic E-state index is 11.3. The lowest BCUT2D eigenvalue weighted by Crippen LogP contribution is -2.31. The highest BCUT2D eigenvalue weighted by atomic mass is 35.5. The van der Waals surface area contributed by atoms with E-state index in [-0.39, 0.29) is 16.8 Å². The first-order valence-electron chi connectivity index (χ1n) is 7.72. The number of hydrogen-bond donors (Lipinski definition) is 1. The van der Waals surface area contributed by atoms with E-state index in [4.69, 9.17) is 35.4 Å². The average molecular weight is 391 g/mol. The van der Waals surface area contributed by atoms with Crippen LogP contribution in [0, 0.1) is 10.1 Å². The van der Waals surface area contributed by atoms with Crippen molar-refractivity contribution in [3.8, 4) is 0 Å². The lowest BCUT2D eigenvalue weighted by molar-refractivity contribution is -0.384. The van der Waals surface area contributed by atoms with Gasteiger partial charge in [0.2, 0.25) is 0 Å². The number of rotatable bonds is 2. The Bertz CT molecular complexity index is 972. The Balaban J connectivity index is 1.95. The molecule has 0 radical (unpaired) electrons. The Kier molecular flexibility index (Phi) is 4.02. The van der Waals surface area contributed by atoms with Crippen LogP contribution >= 0.6 is 35.4 Å². The fourth-order valence-corrected chi connectivity index (χ4v) is 4.14. The highest BCUT2D eigenvalue weighted by Crippen LogP contribution is 2.48. The number of benzene rings is 2. The van der Waals surface area contributed by atoms with E-state index < -0.39 is 4.92 Å². The molecule has 25 heavy (non-hydrogen) atoms. The van der Waals surface area contributed by atoms with E-state index in [0.29, 0.717) is 5.02 Å². The van der Waals surface area contributed by atoms with Crippen LogP contribution in [0.15, 0.2) is 42.0 Å². The number of hydrogen-bond acceptors (Lipinski definition) is 3. The highest BCUT2D eigenvalue weighted by Gasteiger charge is 2.35. The molecule has 1 heterocycles. The molecule has 2 aromatic carbocycles. The van der Waals surface area contributed by atoms with E-state index in [0.717, 1.165) is 40.1 Å². The zero-order valence-electron chi connectivity index (χ0n) is 12.9. The summed E-state index contributed by atoms with van der Waals surface area (Å²) < 4.78 is 0. The van der Waals surface area contributed by atoms with Crippen LogP contribution < -0.4 is 5.32 Å². The highest BCUT2D eigenvalue weighted by molar-refractivity contribution is 7.80. The molecule has 7 heteroatoms. The third kappa shape index (κ3) is 2.72. The smallest absolute Gasteiger partial charge is 0.288 e. The average Bonchev–Trinajstić information content (AvgIpc) is 2.88.